The zero-order valence-electron chi connectivity index (χ0n) is 11.2. The predicted octanol–water partition coefficient (Wildman–Crippen LogP) is 2.21. The van der Waals surface area contributed by atoms with E-state index >= 15 is 0 Å². The third-order valence-electron chi connectivity index (χ3n) is 2.61. The van der Waals surface area contributed by atoms with Crippen molar-refractivity contribution in [2.24, 2.45) is 5.92 Å². The maximum atomic E-state index is 10.6. The molecular weight excluding hydrogens is 252 g/mol. The van der Waals surface area contributed by atoms with Gasteiger partial charge in [-0.3, -0.25) is 4.79 Å². The summed E-state index contributed by atoms with van der Waals surface area (Å²) < 4.78 is 7.26. The summed E-state index contributed by atoms with van der Waals surface area (Å²) in [6.07, 6.45) is 1.95. The number of thioether (sulfide) groups is 1. The van der Waals surface area contributed by atoms with E-state index in [1.54, 1.807) is 7.11 Å². The summed E-state index contributed by atoms with van der Waals surface area (Å²) in [7, 11) is 1.67. The van der Waals surface area contributed by atoms with Gasteiger partial charge in [0, 0.05) is 13.3 Å². The fourth-order valence-electron chi connectivity index (χ4n) is 1.73. The zero-order chi connectivity index (χ0) is 13.7. The number of aliphatic carboxylic acids is 1. The number of imidazole rings is 1. The Morgan fingerprint density at radius 2 is 2.28 bits per heavy atom. The lowest BCUT2D eigenvalue weighted by atomic mass is 10.1. The molecule has 1 atom stereocenters. The largest absolute Gasteiger partial charge is 0.481 e. The molecule has 1 unspecified atom stereocenters. The average Bonchev–Trinajstić information content (AvgIpc) is 2.63. The van der Waals surface area contributed by atoms with Gasteiger partial charge in [-0.1, -0.05) is 25.6 Å². The van der Waals surface area contributed by atoms with E-state index in [2.05, 4.69) is 18.8 Å². The first-order valence-electron chi connectivity index (χ1n) is 5.84. The number of aryl methyl sites for hydroxylation is 1. The van der Waals surface area contributed by atoms with Crippen molar-refractivity contribution >= 4 is 17.7 Å². The number of hydrogen-bond acceptors (Lipinski definition) is 4. The molecule has 0 radical (unpaired) electrons. The van der Waals surface area contributed by atoms with E-state index in [1.807, 2.05) is 17.7 Å². The number of carbonyl (C=O) groups is 1. The molecule has 0 spiro atoms. The Morgan fingerprint density at radius 3 is 2.78 bits per heavy atom. The van der Waals surface area contributed by atoms with Crippen molar-refractivity contribution in [1.29, 1.82) is 0 Å². The summed E-state index contributed by atoms with van der Waals surface area (Å²) in [6, 6.07) is 0.174. The Balaban J connectivity index is 2.94. The number of aromatic nitrogens is 2. The van der Waals surface area contributed by atoms with Crippen molar-refractivity contribution in [3.05, 3.63) is 11.9 Å². The number of carboxylic acid groups (broad SMARTS) is 1. The lowest BCUT2D eigenvalue weighted by Crippen LogP contribution is -2.20. The van der Waals surface area contributed by atoms with Crippen molar-refractivity contribution < 1.29 is 14.6 Å². The number of methoxy groups -OCH3 is 1. The highest BCUT2D eigenvalue weighted by atomic mass is 32.2. The van der Waals surface area contributed by atoms with Crippen LogP contribution in [0.25, 0.3) is 0 Å². The molecule has 1 N–H and O–H groups in total. The number of hydrogen-bond donors (Lipinski definition) is 1. The molecular formula is C12H20N2O3S. The van der Waals surface area contributed by atoms with Gasteiger partial charge in [-0.05, 0) is 12.8 Å². The molecule has 6 heteroatoms. The minimum atomic E-state index is -0.833. The van der Waals surface area contributed by atoms with E-state index in [0.29, 0.717) is 12.5 Å². The Hall–Kier alpha value is -1.01. The minimum absolute atomic E-state index is 0.0221. The van der Waals surface area contributed by atoms with Gasteiger partial charge in [0.15, 0.2) is 5.16 Å². The predicted molar refractivity (Wildman–Crippen MR) is 71.1 cm³/mol. The highest BCUT2D eigenvalue weighted by Crippen LogP contribution is 2.26. The summed E-state index contributed by atoms with van der Waals surface area (Å²) in [5, 5.41) is 9.48. The molecule has 102 valence electrons. The van der Waals surface area contributed by atoms with E-state index in [4.69, 9.17) is 9.84 Å². The quantitative estimate of drug-likeness (QED) is 0.771. The SMILES string of the molecule is COCC(C(C)C)n1cc(C)nc1SCC(=O)O. The number of ether oxygens (including phenoxy) is 1. The van der Waals surface area contributed by atoms with Crippen LogP contribution in [0.2, 0.25) is 0 Å². The maximum absolute atomic E-state index is 10.6. The Morgan fingerprint density at radius 1 is 1.61 bits per heavy atom. The summed E-state index contributed by atoms with van der Waals surface area (Å²) in [5.41, 5.74) is 0.893. The average molecular weight is 272 g/mol. The maximum Gasteiger partial charge on any atom is 0.313 e. The first kappa shape index (κ1) is 15.0. The monoisotopic (exact) mass is 272 g/mol. The van der Waals surface area contributed by atoms with Crippen LogP contribution in [0.4, 0.5) is 0 Å². The normalized spacial score (nSPS) is 12.9. The molecule has 0 amide bonds. The third-order valence-corrected chi connectivity index (χ3v) is 3.56. The summed E-state index contributed by atoms with van der Waals surface area (Å²) in [5.74, 6) is -0.420. The highest BCUT2D eigenvalue weighted by Gasteiger charge is 2.20. The second-order valence-electron chi connectivity index (χ2n) is 4.52. The standard InChI is InChI=1S/C12H20N2O3S/c1-8(2)10(6-17-4)14-5-9(3)13-12(14)18-7-11(15)16/h5,8,10H,6-7H2,1-4H3,(H,15,16). The summed E-state index contributed by atoms with van der Waals surface area (Å²) in [4.78, 5) is 15.0. The van der Waals surface area contributed by atoms with Gasteiger partial charge < -0.3 is 14.4 Å². The minimum Gasteiger partial charge on any atom is -0.481 e. The Bertz CT molecular complexity index is 404. The van der Waals surface area contributed by atoms with Gasteiger partial charge in [-0.15, -0.1) is 0 Å². The second kappa shape index (κ2) is 6.80. The molecule has 1 heterocycles. The van der Waals surface area contributed by atoms with Crippen molar-refractivity contribution in [1.82, 2.24) is 9.55 Å². The van der Waals surface area contributed by atoms with Gasteiger partial charge in [-0.25, -0.2) is 4.98 Å². The van der Waals surface area contributed by atoms with E-state index in [-0.39, 0.29) is 11.8 Å². The van der Waals surface area contributed by atoms with Crippen molar-refractivity contribution in [2.75, 3.05) is 19.5 Å². The molecule has 1 rings (SSSR count). The van der Waals surface area contributed by atoms with Crippen LogP contribution in [-0.4, -0.2) is 40.1 Å². The van der Waals surface area contributed by atoms with Crippen LogP contribution in [0, 0.1) is 12.8 Å². The smallest absolute Gasteiger partial charge is 0.313 e. The van der Waals surface area contributed by atoms with Crippen LogP contribution in [0.3, 0.4) is 0 Å². The van der Waals surface area contributed by atoms with Gasteiger partial charge in [0.25, 0.3) is 0 Å². The molecule has 0 saturated carbocycles. The third kappa shape index (κ3) is 4.03. The highest BCUT2D eigenvalue weighted by molar-refractivity contribution is 7.99. The number of carboxylic acids is 1. The lowest BCUT2D eigenvalue weighted by molar-refractivity contribution is -0.133. The molecule has 0 aliphatic rings. The molecule has 0 fully saturated rings. The molecule has 0 saturated heterocycles. The Kier molecular flexibility index (Phi) is 5.68. The molecule has 1 aromatic heterocycles. The molecule has 1 aromatic rings. The van der Waals surface area contributed by atoms with Crippen LogP contribution in [0.5, 0.6) is 0 Å². The van der Waals surface area contributed by atoms with Gasteiger partial charge in [-0.2, -0.15) is 0 Å². The van der Waals surface area contributed by atoms with Gasteiger partial charge in [0.1, 0.15) is 0 Å². The molecule has 0 aromatic carbocycles. The molecule has 0 bridgehead atoms. The van der Waals surface area contributed by atoms with E-state index < -0.39 is 5.97 Å². The molecule has 0 aliphatic carbocycles. The fourth-order valence-corrected chi connectivity index (χ4v) is 2.53. The molecule has 5 nitrogen and oxygen atoms in total. The zero-order valence-corrected chi connectivity index (χ0v) is 12.0. The van der Waals surface area contributed by atoms with Gasteiger partial charge in [0.05, 0.1) is 24.1 Å². The van der Waals surface area contributed by atoms with Crippen LogP contribution < -0.4 is 0 Å². The van der Waals surface area contributed by atoms with Crippen molar-refractivity contribution in [3.8, 4) is 0 Å². The first-order chi connectivity index (χ1) is 8.45. The fraction of sp³-hybridized carbons (Fsp3) is 0.667. The van der Waals surface area contributed by atoms with E-state index in [9.17, 15) is 4.79 Å². The summed E-state index contributed by atoms with van der Waals surface area (Å²) >= 11 is 1.24. The molecule has 0 aliphatic heterocycles. The molecule has 18 heavy (non-hydrogen) atoms. The van der Waals surface area contributed by atoms with Gasteiger partial charge in [0.2, 0.25) is 0 Å². The van der Waals surface area contributed by atoms with E-state index in [1.165, 1.54) is 11.8 Å². The lowest BCUT2D eigenvalue weighted by Gasteiger charge is -2.23. The number of rotatable bonds is 7. The van der Waals surface area contributed by atoms with Crippen molar-refractivity contribution in [3.63, 3.8) is 0 Å². The summed E-state index contributed by atoms with van der Waals surface area (Å²) in [6.45, 7) is 6.73. The van der Waals surface area contributed by atoms with Crippen LogP contribution in [0.1, 0.15) is 25.6 Å². The van der Waals surface area contributed by atoms with Crippen LogP contribution in [-0.2, 0) is 9.53 Å². The number of nitrogens with zero attached hydrogens (tertiary/aromatic N) is 2. The Labute approximate surface area is 112 Å². The van der Waals surface area contributed by atoms with Crippen LogP contribution in [0.15, 0.2) is 11.4 Å². The first-order valence-corrected chi connectivity index (χ1v) is 6.83. The van der Waals surface area contributed by atoms with Gasteiger partial charge >= 0.3 is 5.97 Å². The van der Waals surface area contributed by atoms with Crippen LogP contribution >= 0.6 is 11.8 Å². The second-order valence-corrected chi connectivity index (χ2v) is 5.46. The topological polar surface area (TPSA) is 64.4 Å². The van der Waals surface area contributed by atoms with Crippen molar-refractivity contribution in [2.45, 2.75) is 32.0 Å². The van der Waals surface area contributed by atoms with E-state index in [0.717, 1.165) is 10.9 Å².